The third-order valence-corrected chi connectivity index (χ3v) is 1.86. The molecule has 0 saturated carbocycles. The van der Waals surface area contributed by atoms with Crippen LogP contribution in [0.25, 0.3) is 0 Å². The van der Waals surface area contributed by atoms with E-state index >= 15 is 0 Å². The third-order valence-electron chi connectivity index (χ3n) is 1.29. The zero-order valence-corrected chi connectivity index (χ0v) is 8.63. The lowest BCUT2D eigenvalue weighted by molar-refractivity contribution is 0.112. The average Bonchev–Trinajstić information content (AvgIpc) is 2.07. The van der Waals surface area contributed by atoms with Gasteiger partial charge in [0.1, 0.15) is 5.75 Å². The topological polar surface area (TPSA) is 43.4 Å². The smallest absolute Gasteiger partial charge is 0.409 e. The van der Waals surface area contributed by atoms with Gasteiger partial charge in [-0.3, -0.25) is 4.79 Å². The van der Waals surface area contributed by atoms with Crippen molar-refractivity contribution in [3.8, 4) is 5.75 Å². The number of ether oxygens (including phenoxy) is 1. The highest BCUT2D eigenvalue weighted by atomic mass is 79.9. The molecule has 0 aliphatic rings. The predicted molar refractivity (Wildman–Crippen MR) is 51.4 cm³/mol. The standard InChI is InChI=1S/C8H4BrClO3/c9-6-1-2-7(13-8(10)12)5(3-6)4-11/h1-4H. The Bertz CT molecular complexity index is 351. The fourth-order valence-electron chi connectivity index (χ4n) is 0.791. The zero-order valence-electron chi connectivity index (χ0n) is 6.29. The first-order valence-electron chi connectivity index (χ1n) is 3.25. The van der Waals surface area contributed by atoms with Crippen LogP contribution in [0, 0.1) is 0 Å². The second kappa shape index (κ2) is 4.39. The van der Waals surface area contributed by atoms with E-state index in [1.54, 1.807) is 6.07 Å². The van der Waals surface area contributed by atoms with Gasteiger partial charge in [0.05, 0.1) is 5.56 Å². The van der Waals surface area contributed by atoms with E-state index in [4.69, 9.17) is 11.6 Å². The van der Waals surface area contributed by atoms with Gasteiger partial charge in [0, 0.05) is 16.1 Å². The minimum atomic E-state index is -0.967. The summed E-state index contributed by atoms with van der Waals surface area (Å²) in [6, 6.07) is 4.65. The number of hydrogen-bond acceptors (Lipinski definition) is 3. The van der Waals surface area contributed by atoms with Crippen LogP contribution in [0.3, 0.4) is 0 Å². The largest absolute Gasteiger partial charge is 0.414 e. The molecule has 1 rings (SSSR count). The second-order valence-electron chi connectivity index (χ2n) is 2.14. The maximum atomic E-state index is 10.5. The first kappa shape index (κ1) is 10.2. The van der Waals surface area contributed by atoms with Crippen molar-refractivity contribution in [2.45, 2.75) is 0 Å². The van der Waals surface area contributed by atoms with Crippen molar-refractivity contribution in [1.29, 1.82) is 0 Å². The van der Waals surface area contributed by atoms with E-state index in [-0.39, 0.29) is 11.3 Å². The molecule has 0 unspecified atom stereocenters. The van der Waals surface area contributed by atoms with E-state index in [1.807, 2.05) is 0 Å². The van der Waals surface area contributed by atoms with Crippen molar-refractivity contribution in [3.05, 3.63) is 28.2 Å². The molecule has 0 fully saturated rings. The van der Waals surface area contributed by atoms with Crippen LogP contribution < -0.4 is 4.74 Å². The normalized spacial score (nSPS) is 9.38. The Hall–Kier alpha value is -0.870. The molecule has 68 valence electrons. The highest BCUT2D eigenvalue weighted by molar-refractivity contribution is 9.10. The summed E-state index contributed by atoms with van der Waals surface area (Å²) < 4.78 is 5.29. The van der Waals surface area contributed by atoms with E-state index < -0.39 is 5.43 Å². The summed E-state index contributed by atoms with van der Waals surface area (Å²) in [5.41, 5.74) is -0.700. The molecule has 1 aromatic rings. The summed E-state index contributed by atoms with van der Waals surface area (Å²) in [4.78, 5) is 20.9. The molecule has 0 bridgehead atoms. The molecule has 0 N–H and O–H groups in total. The number of hydrogen-bond donors (Lipinski definition) is 0. The molecule has 0 atom stereocenters. The fraction of sp³-hybridized carbons (Fsp3) is 0. The molecule has 0 spiro atoms. The van der Waals surface area contributed by atoms with Crippen molar-refractivity contribution in [3.63, 3.8) is 0 Å². The van der Waals surface area contributed by atoms with Gasteiger partial charge < -0.3 is 4.74 Å². The van der Waals surface area contributed by atoms with Crippen molar-refractivity contribution in [2.75, 3.05) is 0 Å². The van der Waals surface area contributed by atoms with E-state index in [2.05, 4.69) is 20.7 Å². The highest BCUT2D eigenvalue weighted by Gasteiger charge is 2.06. The Labute approximate surface area is 87.8 Å². The quantitative estimate of drug-likeness (QED) is 0.608. The van der Waals surface area contributed by atoms with Gasteiger partial charge in [0.25, 0.3) is 0 Å². The van der Waals surface area contributed by atoms with Crippen LogP contribution in [-0.4, -0.2) is 11.7 Å². The van der Waals surface area contributed by atoms with E-state index in [9.17, 15) is 9.59 Å². The molecule has 0 aromatic heterocycles. The predicted octanol–water partition coefficient (Wildman–Crippen LogP) is 3.00. The lowest BCUT2D eigenvalue weighted by atomic mass is 10.2. The number of carbonyl (C=O) groups is 2. The van der Waals surface area contributed by atoms with Crippen LogP contribution >= 0.6 is 27.5 Å². The molecule has 0 amide bonds. The van der Waals surface area contributed by atoms with E-state index in [0.29, 0.717) is 6.29 Å². The molecule has 3 nitrogen and oxygen atoms in total. The van der Waals surface area contributed by atoms with Crippen molar-refractivity contribution >= 4 is 39.2 Å². The first-order chi connectivity index (χ1) is 6.13. The molecular weight excluding hydrogens is 259 g/mol. The molecule has 0 radical (unpaired) electrons. The number of carbonyl (C=O) groups excluding carboxylic acids is 2. The van der Waals surface area contributed by atoms with Gasteiger partial charge in [-0.25, -0.2) is 4.79 Å². The summed E-state index contributed by atoms with van der Waals surface area (Å²) in [7, 11) is 0. The molecule has 13 heavy (non-hydrogen) atoms. The van der Waals surface area contributed by atoms with Crippen LogP contribution in [0.15, 0.2) is 22.7 Å². The lowest BCUT2D eigenvalue weighted by Gasteiger charge is -2.02. The van der Waals surface area contributed by atoms with Gasteiger partial charge >= 0.3 is 5.43 Å². The van der Waals surface area contributed by atoms with Gasteiger partial charge in [0.2, 0.25) is 0 Å². The number of benzene rings is 1. The van der Waals surface area contributed by atoms with Crippen LogP contribution in [0.5, 0.6) is 5.75 Å². The van der Waals surface area contributed by atoms with Crippen molar-refractivity contribution in [2.24, 2.45) is 0 Å². The molecule has 0 heterocycles. The number of halogens is 2. The number of aldehydes is 1. The lowest BCUT2D eigenvalue weighted by Crippen LogP contribution is -1.99. The summed E-state index contributed by atoms with van der Waals surface area (Å²) in [6.45, 7) is 0. The third kappa shape index (κ3) is 2.82. The molecule has 0 aliphatic heterocycles. The maximum absolute atomic E-state index is 10.5. The van der Waals surface area contributed by atoms with Gasteiger partial charge in [-0.15, -0.1) is 0 Å². The van der Waals surface area contributed by atoms with Crippen molar-refractivity contribution in [1.82, 2.24) is 0 Å². The van der Waals surface area contributed by atoms with Crippen molar-refractivity contribution < 1.29 is 14.3 Å². The Balaban J connectivity index is 3.05. The monoisotopic (exact) mass is 262 g/mol. The SMILES string of the molecule is O=Cc1cc(Br)ccc1OC(=O)Cl. The van der Waals surface area contributed by atoms with E-state index in [0.717, 1.165) is 4.47 Å². The van der Waals surface area contributed by atoms with Gasteiger partial charge in [0.15, 0.2) is 6.29 Å². The van der Waals surface area contributed by atoms with Crippen LogP contribution in [0.1, 0.15) is 10.4 Å². The van der Waals surface area contributed by atoms with Gasteiger partial charge in [-0.05, 0) is 18.2 Å². The average molecular weight is 263 g/mol. The Morgan fingerprint density at radius 3 is 2.77 bits per heavy atom. The minimum Gasteiger partial charge on any atom is -0.414 e. The highest BCUT2D eigenvalue weighted by Crippen LogP contribution is 2.22. The Kier molecular flexibility index (Phi) is 3.45. The van der Waals surface area contributed by atoms with E-state index in [1.165, 1.54) is 12.1 Å². The Morgan fingerprint density at radius 1 is 1.54 bits per heavy atom. The maximum Gasteiger partial charge on any atom is 0.409 e. The van der Waals surface area contributed by atoms with Gasteiger partial charge in [-0.2, -0.15) is 0 Å². The first-order valence-corrected chi connectivity index (χ1v) is 4.42. The van der Waals surface area contributed by atoms with Crippen LogP contribution in [0.4, 0.5) is 4.79 Å². The van der Waals surface area contributed by atoms with Crippen LogP contribution in [0.2, 0.25) is 0 Å². The molecular formula is C8H4BrClO3. The Morgan fingerprint density at radius 2 is 2.23 bits per heavy atom. The summed E-state index contributed by atoms with van der Waals surface area (Å²) in [5.74, 6) is 0.151. The zero-order chi connectivity index (χ0) is 9.84. The summed E-state index contributed by atoms with van der Waals surface area (Å²) in [5, 5.41) is 0. The summed E-state index contributed by atoms with van der Waals surface area (Å²) in [6.07, 6.45) is 0.583. The molecule has 0 saturated heterocycles. The summed E-state index contributed by atoms with van der Waals surface area (Å²) >= 11 is 8.16. The molecule has 0 aliphatic carbocycles. The minimum absolute atomic E-state index is 0.151. The number of rotatable bonds is 2. The molecule has 1 aromatic carbocycles. The van der Waals surface area contributed by atoms with Crippen LogP contribution in [-0.2, 0) is 0 Å². The van der Waals surface area contributed by atoms with Gasteiger partial charge in [-0.1, -0.05) is 15.9 Å². The fourth-order valence-corrected chi connectivity index (χ4v) is 1.25. The molecule has 5 heteroatoms. The second-order valence-corrected chi connectivity index (χ2v) is 3.36.